The van der Waals surface area contributed by atoms with E-state index in [4.69, 9.17) is 5.41 Å². The van der Waals surface area contributed by atoms with Gasteiger partial charge in [0.05, 0.1) is 0 Å². The number of rotatable bonds is 0. The van der Waals surface area contributed by atoms with Crippen LogP contribution in [0.15, 0.2) is 0 Å². The molecular formula is CH11N4NaSr. The molecule has 0 amide bonds. The third kappa shape index (κ3) is 85.9. The third-order valence-corrected chi connectivity index (χ3v) is 0. The molecule has 0 aromatic rings. The Morgan fingerprint density at radius 3 is 1.43 bits per heavy atom. The van der Waals surface area contributed by atoms with Crippen molar-refractivity contribution in [1.29, 1.82) is 5.41 Å². The van der Waals surface area contributed by atoms with E-state index in [9.17, 15) is 0 Å². The van der Waals surface area contributed by atoms with Crippen LogP contribution in [0.5, 0.6) is 0 Å². The van der Waals surface area contributed by atoms with E-state index in [0.717, 1.165) is 0 Å². The van der Waals surface area contributed by atoms with Gasteiger partial charge in [-0.05, 0) is 0 Å². The molecule has 0 spiro atoms. The molecule has 38 valence electrons. The molecule has 0 rings (SSSR count). The molecule has 0 aliphatic heterocycles. The van der Waals surface area contributed by atoms with Crippen molar-refractivity contribution in [3.05, 3.63) is 0 Å². The maximum atomic E-state index is 6.06. The van der Waals surface area contributed by atoms with E-state index in [1.807, 2.05) is 0 Å². The number of guanidine groups is 1. The van der Waals surface area contributed by atoms with Crippen LogP contribution in [-0.4, -0.2) is 51.4 Å². The van der Waals surface area contributed by atoms with Crippen molar-refractivity contribution in [2.75, 3.05) is 0 Å². The Hall–Kier alpha value is 1.71. The predicted octanol–water partition coefficient (Wildman–Crippen LogP) is -4.04. The number of nitrogens with two attached hydrogens (primary N) is 2. The molecule has 0 saturated heterocycles. The first-order valence-electron chi connectivity index (χ1n) is 0.827. The first-order chi connectivity index (χ1) is 1.73. The summed E-state index contributed by atoms with van der Waals surface area (Å²) < 4.78 is 0. The Labute approximate surface area is 106 Å². The average molecular weight is 190 g/mol. The second-order valence-corrected chi connectivity index (χ2v) is 0.455. The van der Waals surface area contributed by atoms with E-state index in [0.29, 0.717) is 0 Å². The maximum Gasteiger partial charge on any atom is 2.00 e. The molecule has 0 aromatic carbocycles. The van der Waals surface area contributed by atoms with Crippen molar-refractivity contribution in [3.8, 4) is 0 Å². The number of nitrogens with one attached hydrogen (secondary N) is 1. The van der Waals surface area contributed by atoms with Crippen molar-refractivity contribution < 1.29 is 33.8 Å². The van der Waals surface area contributed by atoms with Crippen LogP contribution in [0.1, 0.15) is 4.28 Å². The SMILES string of the molecule is N.N=C(N)N.[H-].[H-].[H-].[Na+].[Sr+2]. The van der Waals surface area contributed by atoms with Crippen LogP contribution in [-0.2, 0) is 0 Å². The van der Waals surface area contributed by atoms with Gasteiger partial charge < -0.3 is 21.9 Å². The molecule has 0 aromatic heterocycles. The molecule has 0 heterocycles. The second kappa shape index (κ2) is 15.6. The molecule has 4 nitrogen and oxygen atoms in total. The Balaban J connectivity index is -0.00000000300. The van der Waals surface area contributed by atoms with Crippen molar-refractivity contribution in [1.82, 2.24) is 6.15 Å². The first-order valence-corrected chi connectivity index (χ1v) is 0.827. The van der Waals surface area contributed by atoms with Crippen LogP contribution < -0.4 is 47.2 Å². The van der Waals surface area contributed by atoms with Crippen molar-refractivity contribution in [2.45, 2.75) is 0 Å². The largest absolute Gasteiger partial charge is 2.00 e. The van der Waals surface area contributed by atoms with Crippen LogP contribution in [0.2, 0.25) is 0 Å². The molecule has 0 atom stereocenters. The maximum absolute atomic E-state index is 6.06. The van der Waals surface area contributed by atoms with Crippen molar-refractivity contribution >= 4 is 51.4 Å². The number of hydrogen-bond donors (Lipinski definition) is 4. The molecule has 0 fully saturated rings. The minimum absolute atomic E-state index is 0. The molecule has 0 saturated carbocycles. The van der Waals surface area contributed by atoms with Crippen LogP contribution in [0.25, 0.3) is 0 Å². The third-order valence-electron chi connectivity index (χ3n) is 0. The van der Waals surface area contributed by atoms with Gasteiger partial charge in [-0.25, -0.2) is 0 Å². The summed E-state index contributed by atoms with van der Waals surface area (Å²) in [6.45, 7) is 0. The Morgan fingerprint density at radius 2 is 1.43 bits per heavy atom. The topological polar surface area (TPSA) is 111 Å². The molecule has 8 N–H and O–H groups in total. The van der Waals surface area contributed by atoms with E-state index in [-0.39, 0.29) is 91.4 Å². The van der Waals surface area contributed by atoms with Gasteiger partial charge in [0.2, 0.25) is 0 Å². The zero-order valence-corrected chi connectivity index (χ0v) is 10.0. The fraction of sp³-hybridized carbons (Fsp3) is 0. The molecular weight excluding hydrogens is 179 g/mol. The summed E-state index contributed by atoms with van der Waals surface area (Å²) in [6, 6.07) is 0. The van der Waals surface area contributed by atoms with Gasteiger partial charge in [0.25, 0.3) is 0 Å². The Bertz CT molecular complexity index is 43.5. The summed E-state index contributed by atoms with van der Waals surface area (Å²) in [4.78, 5) is 0. The van der Waals surface area contributed by atoms with Gasteiger partial charge in [-0.1, -0.05) is 0 Å². The zero-order chi connectivity index (χ0) is 3.58. The second-order valence-electron chi connectivity index (χ2n) is 0.455. The van der Waals surface area contributed by atoms with Crippen LogP contribution in [0.3, 0.4) is 0 Å². The molecule has 0 unspecified atom stereocenters. The summed E-state index contributed by atoms with van der Waals surface area (Å²) in [5, 5.41) is 6.06. The quantitative estimate of drug-likeness (QED) is 0.177. The first kappa shape index (κ1) is 23.3. The zero-order valence-electron chi connectivity index (χ0n) is 7.57. The molecule has 0 bridgehead atoms. The van der Waals surface area contributed by atoms with Gasteiger partial charge in [-0.3, -0.25) is 5.41 Å². The molecule has 7 heavy (non-hydrogen) atoms. The van der Waals surface area contributed by atoms with Crippen LogP contribution >= 0.6 is 0 Å². The van der Waals surface area contributed by atoms with Crippen LogP contribution in [0, 0.1) is 5.41 Å². The van der Waals surface area contributed by atoms with Gasteiger partial charge in [0.1, 0.15) is 0 Å². The van der Waals surface area contributed by atoms with E-state index >= 15 is 0 Å². The Morgan fingerprint density at radius 1 is 1.43 bits per heavy atom. The van der Waals surface area contributed by atoms with Gasteiger partial charge in [0, 0.05) is 0 Å². The standard InChI is InChI=1S/CH5N3.H3N.Na.Sr.3H/c2-1(3)4;;;;;;/h(H5,2,3,4);1H3;;;;;/q;;+1;+2;3*-1. The van der Waals surface area contributed by atoms with E-state index in [2.05, 4.69) is 11.5 Å². The number of hydrogen-bond acceptors (Lipinski definition) is 2. The monoisotopic (exact) mass is 190 g/mol. The van der Waals surface area contributed by atoms with Gasteiger partial charge in [0.15, 0.2) is 5.96 Å². The normalized spacial score (nSPS) is 3.43. The average Bonchev–Trinajstić information content (AvgIpc) is 0.811. The molecule has 0 aliphatic rings. The van der Waals surface area contributed by atoms with E-state index in [1.54, 1.807) is 0 Å². The van der Waals surface area contributed by atoms with Gasteiger partial charge in [-0.15, -0.1) is 0 Å². The fourth-order valence-electron chi connectivity index (χ4n) is 0. The van der Waals surface area contributed by atoms with Crippen molar-refractivity contribution in [3.63, 3.8) is 0 Å². The summed E-state index contributed by atoms with van der Waals surface area (Å²) in [5.41, 5.74) is 8.94. The smallest absolute Gasteiger partial charge is 1.00 e. The van der Waals surface area contributed by atoms with Crippen molar-refractivity contribution in [2.24, 2.45) is 11.5 Å². The minimum atomic E-state index is -0.333. The van der Waals surface area contributed by atoms with Crippen LogP contribution in [0.4, 0.5) is 0 Å². The van der Waals surface area contributed by atoms with E-state index in [1.165, 1.54) is 0 Å². The summed E-state index contributed by atoms with van der Waals surface area (Å²) in [6.07, 6.45) is 0. The molecule has 0 aliphatic carbocycles. The summed E-state index contributed by atoms with van der Waals surface area (Å²) in [7, 11) is 0. The minimum Gasteiger partial charge on any atom is -1.00 e. The van der Waals surface area contributed by atoms with Gasteiger partial charge in [-0.2, -0.15) is 0 Å². The molecule has 0 radical (unpaired) electrons. The molecule has 6 heteroatoms. The van der Waals surface area contributed by atoms with Gasteiger partial charge >= 0.3 is 75.0 Å². The summed E-state index contributed by atoms with van der Waals surface area (Å²) >= 11 is 0. The predicted molar refractivity (Wildman–Crippen MR) is 30.2 cm³/mol. The summed E-state index contributed by atoms with van der Waals surface area (Å²) in [5.74, 6) is -0.333. The Kier molecular flexibility index (Phi) is 52.2. The fourth-order valence-corrected chi connectivity index (χ4v) is 0. The van der Waals surface area contributed by atoms with E-state index < -0.39 is 0 Å².